The van der Waals surface area contributed by atoms with Gasteiger partial charge in [0.2, 0.25) is 11.7 Å². The van der Waals surface area contributed by atoms with Gasteiger partial charge in [-0.2, -0.15) is 5.26 Å². The second kappa shape index (κ2) is 4.66. The number of rotatable bonds is 0. The van der Waals surface area contributed by atoms with E-state index >= 15 is 0 Å². The molecular weight excluding hydrogens is 272 g/mol. The van der Waals surface area contributed by atoms with E-state index in [2.05, 4.69) is 10.3 Å². The Morgan fingerprint density at radius 3 is 3.10 bits per heavy atom. The second-order valence-corrected chi connectivity index (χ2v) is 5.05. The first kappa shape index (κ1) is 13.2. The molecule has 108 valence electrons. The monoisotopic (exact) mass is 286 g/mol. The SMILES string of the molecule is COC(=O)N1C(NC#N)=NC2(C)CC1c1ccccc1O2. The average molecular weight is 286 g/mol. The Balaban J connectivity index is 2.14. The highest BCUT2D eigenvalue weighted by Crippen LogP contribution is 2.45. The molecule has 2 bridgehead atoms. The number of aliphatic imine (C=N–C) groups is 1. The lowest BCUT2D eigenvalue weighted by Gasteiger charge is -2.45. The number of carbonyl (C=O) groups excluding carboxylic acids is 1. The van der Waals surface area contributed by atoms with Crippen LogP contribution in [0.1, 0.15) is 24.9 Å². The Morgan fingerprint density at radius 2 is 2.38 bits per heavy atom. The molecule has 7 heteroatoms. The van der Waals surface area contributed by atoms with Crippen molar-refractivity contribution in [2.75, 3.05) is 7.11 Å². The first-order chi connectivity index (χ1) is 10.1. The van der Waals surface area contributed by atoms with Crippen molar-refractivity contribution in [1.82, 2.24) is 10.2 Å². The molecule has 0 saturated heterocycles. The number of nitrogens with zero attached hydrogens (tertiary/aromatic N) is 3. The van der Waals surface area contributed by atoms with Gasteiger partial charge in [-0.05, 0) is 13.0 Å². The minimum Gasteiger partial charge on any atom is -0.466 e. The highest BCUT2D eigenvalue weighted by atomic mass is 16.5. The molecule has 2 atom stereocenters. The van der Waals surface area contributed by atoms with Gasteiger partial charge in [0.1, 0.15) is 5.75 Å². The van der Waals surface area contributed by atoms with Gasteiger partial charge in [-0.25, -0.2) is 14.7 Å². The quantitative estimate of drug-likeness (QED) is 0.579. The van der Waals surface area contributed by atoms with Crippen LogP contribution < -0.4 is 10.1 Å². The number of fused-ring (bicyclic) bond motifs is 4. The van der Waals surface area contributed by atoms with Crippen LogP contribution in [0.2, 0.25) is 0 Å². The van der Waals surface area contributed by atoms with Crippen molar-refractivity contribution >= 4 is 12.1 Å². The highest BCUT2D eigenvalue weighted by molar-refractivity contribution is 5.96. The molecule has 2 unspecified atom stereocenters. The molecule has 1 N–H and O–H groups in total. The average Bonchev–Trinajstić information content (AvgIpc) is 2.46. The van der Waals surface area contributed by atoms with Crippen LogP contribution in [0, 0.1) is 11.5 Å². The smallest absolute Gasteiger partial charge is 0.416 e. The molecular formula is C14H14N4O3. The molecule has 21 heavy (non-hydrogen) atoms. The zero-order chi connectivity index (χ0) is 15.0. The zero-order valence-electron chi connectivity index (χ0n) is 11.7. The number of para-hydroxylation sites is 1. The van der Waals surface area contributed by atoms with Gasteiger partial charge in [0, 0.05) is 12.0 Å². The maximum atomic E-state index is 12.1. The number of nitrogens with one attached hydrogen (secondary N) is 1. The van der Waals surface area contributed by atoms with E-state index in [-0.39, 0.29) is 12.0 Å². The standard InChI is InChI=1S/C14H14N4O3/c1-14-7-10(9-5-3-4-6-11(9)21-14)18(13(19)20-2)12(17-14)16-8-15/h3-6,10H,7H2,1-2H3,(H,16,17). The molecule has 3 rings (SSSR count). The fourth-order valence-electron chi connectivity index (χ4n) is 2.77. The molecule has 0 spiro atoms. The van der Waals surface area contributed by atoms with Crippen LogP contribution in [0.5, 0.6) is 5.75 Å². The summed E-state index contributed by atoms with van der Waals surface area (Å²) in [6.07, 6.45) is 1.72. The van der Waals surface area contributed by atoms with E-state index in [1.165, 1.54) is 12.0 Å². The van der Waals surface area contributed by atoms with Gasteiger partial charge in [-0.1, -0.05) is 18.2 Å². The number of nitriles is 1. The lowest BCUT2D eigenvalue weighted by atomic mass is 9.91. The number of hydrogen-bond donors (Lipinski definition) is 1. The van der Waals surface area contributed by atoms with Gasteiger partial charge in [0.05, 0.1) is 13.2 Å². The van der Waals surface area contributed by atoms with Crippen molar-refractivity contribution in [1.29, 1.82) is 5.26 Å². The number of guanidine groups is 1. The normalized spacial score (nSPS) is 25.9. The summed E-state index contributed by atoms with van der Waals surface area (Å²) in [4.78, 5) is 17.8. The van der Waals surface area contributed by atoms with Gasteiger partial charge in [0.15, 0.2) is 6.19 Å². The number of ether oxygens (including phenoxy) is 2. The van der Waals surface area contributed by atoms with Gasteiger partial charge in [-0.3, -0.25) is 5.32 Å². The molecule has 1 aromatic carbocycles. The van der Waals surface area contributed by atoms with E-state index in [4.69, 9.17) is 14.7 Å². The molecule has 0 radical (unpaired) electrons. The lowest BCUT2D eigenvalue weighted by Crippen LogP contribution is -2.55. The summed E-state index contributed by atoms with van der Waals surface area (Å²) < 4.78 is 10.7. The van der Waals surface area contributed by atoms with Crippen molar-refractivity contribution in [3.8, 4) is 11.9 Å². The molecule has 0 saturated carbocycles. The molecule has 2 heterocycles. The second-order valence-electron chi connectivity index (χ2n) is 5.05. The van der Waals surface area contributed by atoms with Crippen molar-refractivity contribution in [3.05, 3.63) is 29.8 Å². The van der Waals surface area contributed by atoms with Crippen molar-refractivity contribution in [2.45, 2.75) is 25.1 Å². The summed E-state index contributed by atoms with van der Waals surface area (Å²) in [7, 11) is 1.30. The number of carbonyl (C=O) groups is 1. The molecule has 7 nitrogen and oxygen atoms in total. The van der Waals surface area contributed by atoms with Crippen LogP contribution in [0.4, 0.5) is 4.79 Å². The maximum Gasteiger partial charge on any atom is 0.416 e. The summed E-state index contributed by atoms with van der Waals surface area (Å²) in [5, 5.41) is 11.3. The van der Waals surface area contributed by atoms with E-state index in [1.807, 2.05) is 31.2 Å². The molecule has 0 aliphatic carbocycles. The third-order valence-corrected chi connectivity index (χ3v) is 3.60. The Morgan fingerprint density at radius 1 is 1.62 bits per heavy atom. The van der Waals surface area contributed by atoms with Gasteiger partial charge >= 0.3 is 6.09 Å². The van der Waals surface area contributed by atoms with Crippen LogP contribution in [-0.2, 0) is 4.74 Å². The number of hydrogen-bond acceptors (Lipinski definition) is 6. The fourth-order valence-corrected chi connectivity index (χ4v) is 2.77. The number of amides is 1. The van der Waals surface area contributed by atoms with Gasteiger partial charge in [-0.15, -0.1) is 0 Å². The van der Waals surface area contributed by atoms with Crippen LogP contribution in [0.3, 0.4) is 0 Å². The Kier molecular flexibility index (Phi) is 2.94. The highest BCUT2D eigenvalue weighted by Gasteiger charge is 2.47. The molecule has 2 aliphatic heterocycles. The molecule has 1 aromatic rings. The molecule has 0 aromatic heterocycles. The van der Waals surface area contributed by atoms with E-state index in [0.717, 1.165) is 5.56 Å². The Hall–Kier alpha value is -2.75. The van der Waals surface area contributed by atoms with Gasteiger partial charge < -0.3 is 9.47 Å². The van der Waals surface area contributed by atoms with Crippen molar-refractivity contribution < 1.29 is 14.3 Å². The summed E-state index contributed by atoms with van der Waals surface area (Å²) in [5.74, 6) is 0.822. The lowest BCUT2D eigenvalue weighted by molar-refractivity contribution is 0.0212. The molecule has 1 amide bonds. The third-order valence-electron chi connectivity index (χ3n) is 3.60. The zero-order valence-corrected chi connectivity index (χ0v) is 11.7. The minimum absolute atomic E-state index is 0.137. The first-order valence-corrected chi connectivity index (χ1v) is 6.48. The van der Waals surface area contributed by atoms with Crippen LogP contribution in [0.15, 0.2) is 29.3 Å². The largest absolute Gasteiger partial charge is 0.466 e. The van der Waals surface area contributed by atoms with E-state index in [9.17, 15) is 4.79 Å². The van der Waals surface area contributed by atoms with Gasteiger partial charge in [0.25, 0.3) is 0 Å². The maximum absolute atomic E-state index is 12.1. The Labute approximate surface area is 121 Å². The third kappa shape index (κ3) is 2.05. The minimum atomic E-state index is -0.817. The van der Waals surface area contributed by atoms with E-state index in [1.54, 1.807) is 6.19 Å². The summed E-state index contributed by atoms with van der Waals surface area (Å²) >= 11 is 0. The summed E-state index contributed by atoms with van der Waals surface area (Å²) in [5.41, 5.74) is 0.0513. The Bertz CT molecular complexity index is 666. The van der Waals surface area contributed by atoms with Crippen LogP contribution >= 0.6 is 0 Å². The number of methoxy groups -OCH3 is 1. The summed E-state index contributed by atoms with van der Waals surface area (Å²) in [6, 6.07) is 7.19. The van der Waals surface area contributed by atoms with Crippen molar-refractivity contribution in [2.24, 2.45) is 4.99 Å². The molecule has 0 fully saturated rings. The summed E-state index contributed by atoms with van der Waals surface area (Å²) in [6.45, 7) is 1.82. The fraction of sp³-hybridized carbons (Fsp3) is 0.357. The van der Waals surface area contributed by atoms with E-state index in [0.29, 0.717) is 12.2 Å². The van der Waals surface area contributed by atoms with Crippen LogP contribution in [-0.4, -0.2) is 29.8 Å². The predicted octanol–water partition coefficient (Wildman–Crippen LogP) is 1.74. The van der Waals surface area contributed by atoms with Crippen molar-refractivity contribution in [3.63, 3.8) is 0 Å². The predicted molar refractivity (Wildman–Crippen MR) is 73.3 cm³/mol. The van der Waals surface area contributed by atoms with Crippen LogP contribution in [0.25, 0.3) is 0 Å². The first-order valence-electron chi connectivity index (χ1n) is 6.48. The topological polar surface area (TPSA) is 87.0 Å². The number of benzene rings is 1. The molecule has 2 aliphatic rings. The van der Waals surface area contributed by atoms with E-state index < -0.39 is 11.8 Å².